The fraction of sp³-hybridized carbons (Fsp3) is 0.467. The maximum Gasteiger partial charge on any atom is 0.338 e. The zero-order chi connectivity index (χ0) is 15.7. The van der Waals surface area contributed by atoms with E-state index < -0.39 is 24.1 Å². The van der Waals surface area contributed by atoms with Gasteiger partial charge in [0, 0.05) is 0 Å². The molecule has 0 bridgehead atoms. The molecule has 0 aliphatic heterocycles. The van der Waals surface area contributed by atoms with E-state index in [0.717, 1.165) is 5.56 Å². The van der Waals surface area contributed by atoms with Crippen LogP contribution in [0, 0.1) is 0 Å². The van der Waals surface area contributed by atoms with Crippen LogP contribution in [-0.4, -0.2) is 42.5 Å². The third kappa shape index (κ3) is 5.53. The van der Waals surface area contributed by atoms with E-state index in [4.69, 9.17) is 9.47 Å². The molecular formula is C15H20O6. The maximum absolute atomic E-state index is 11.8. The Kier molecular flexibility index (Phi) is 7.42. The molecule has 0 aliphatic carbocycles. The number of carbonyl (C=O) groups excluding carboxylic acids is 2. The molecule has 0 amide bonds. The first kappa shape index (κ1) is 17.1. The molecule has 0 heterocycles. The van der Waals surface area contributed by atoms with E-state index in [1.807, 2.05) is 18.2 Å². The SMILES string of the molecule is CCOC(=O)[C@@H](O)[C@@H](OCc1ccccc1)C(=O)OCC. The van der Waals surface area contributed by atoms with Gasteiger partial charge in [-0.3, -0.25) is 0 Å². The summed E-state index contributed by atoms with van der Waals surface area (Å²) in [6.45, 7) is 3.53. The Morgan fingerprint density at radius 1 is 1.05 bits per heavy atom. The fourth-order valence-electron chi connectivity index (χ4n) is 1.62. The summed E-state index contributed by atoms with van der Waals surface area (Å²) in [4.78, 5) is 23.3. The highest BCUT2D eigenvalue weighted by atomic mass is 16.6. The maximum atomic E-state index is 11.8. The van der Waals surface area contributed by atoms with Crippen molar-refractivity contribution < 1.29 is 28.9 Å². The predicted octanol–water partition coefficient (Wildman–Crippen LogP) is 1.06. The zero-order valence-corrected chi connectivity index (χ0v) is 12.2. The van der Waals surface area contributed by atoms with Gasteiger partial charge in [-0.15, -0.1) is 0 Å². The van der Waals surface area contributed by atoms with E-state index in [9.17, 15) is 14.7 Å². The topological polar surface area (TPSA) is 82.1 Å². The van der Waals surface area contributed by atoms with Crippen molar-refractivity contribution in [1.29, 1.82) is 0 Å². The second-order valence-corrected chi connectivity index (χ2v) is 4.17. The smallest absolute Gasteiger partial charge is 0.338 e. The Morgan fingerprint density at radius 3 is 2.19 bits per heavy atom. The molecule has 6 nitrogen and oxygen atoms in total. The van der Waals surface area contributed by atoms with Gasteiger partial charge >= 0.3 is 11.9 Å². The molecular weight excluding hydrogens is 276 g/mol. The van der Waals surface area contributed by atoms with Gasteiger partial charge in [0.05, 0.1) is 19.8 Å². The van der Waals surface area contributed by atoms with Crippen molar-refractivity contribution in [2.75, 3.05) is 13.2 Å². The number of hydrogen-bond acceptors (Lipinski definition) is 6. The molecule has 2 atom stereocenters. The Hall–Kier alpha value is -1.92. The third-order valence-electron chi connectivity index (χ3n) is 2.61. The van der Waals surface area contributed by atoms with Crippen molar-refractivity contribution in [1.82, 2.24) is 0 Å². The Morgan fingerprint density at radius 2 is 1.62 bits per heavy atom. The van der Waals surface area contributed by atoms with Crippen LogP contribution in [0.5, 0.6) is 0 Å². The molecule has 0 saturated carbocycles. The summed E-state index contributed by atoms with van der Waals surface area (Å²) >= 11 is 0. The number of carbonyl (C=O) groups is 2. The van der Waals surface area contributed by atoms with Gasteiger partial charge in [-0.05, 0) is 19.4 Å². The van der Waals surface area contributed by atoms with E-state index in [1.54, 1.807) is 26.0 Å². The highest BCUT2D eigenvalue weighted by molar-refractivity contribution is 5.85. The van der Waals surface area contributed by atoms with Crippen LogP contribution in [0.25, 0.3) is 0 Å². The number of benzene rings is 1. The third-order valence-corrected chi connectivity index (χ3v) is 2.61. The van der Waals surface area contributed by atoms with Crippen LogP contribution in [0.2, 0.25) is 0 Å². The lowest BCUT2D eigenvalue weighted by Gasteiger charge is -2.20. The molecule has 21 heavy (non-hydrogen) atoms. The molecule has 1 N–H and O–H groups in total. The van der Waals surface area contributed by atoms with Gasteiger partial charge in [-0.1, -0.05) is 30.3 Å². The predicted molar refractivity (Wildman–Crippen MR) is 74.3 cm³/mol. The van der Waals surface area contributed by atoms with Gasteiger partial charge in [-0.25, -0.2) is 9.59 Å². The molecule has 0 aromatic heterocycles. The van der Waals surface area contributed by atoms with Crippen molar-refractivity contribution in [3.05, 3.63) is 35.9 Å². The van der Waals surface area contributed by atoms with Gasteiger partial charge in [0.25, 0.3) is 0 Å². The summed E-state index contributed by atoms with van der Waals surface area (Å²) in [5, 5.41) is 9.88. The summed E-state index contributed by atoms with van der Waals surface area (Å²) in [6.07, 6.45) is -3.13. The fourth-order valence-corrected chi connectivity index (χ4v) is 1.62. The van der Waals surface area contributed by atoms with Crippen LogP contribution in [-0.2, 0) is 30.4 Å². The van der Waals surface area contributed by atoms with Crippen LogP contribution in [0.4, 0.5) is 0 Å². The van der Waals surface area contributed by atoms with E-state index >= 15 is 0 Å². The minimum Gasteiger partial charge on any atom is -0.464 e. The van der Waals surface area contributed by atoms with Crippen LogP contribution in [0.3, 0.4) is 0 Å². The van der Waals surface area contributed by atoms with E-state index in [0.29, 0.717) is 0 Å². The monoisotopic (exact) mass is 296 g/mol. The van der Waals surface area contributed by atoms with E-state index in [-0.39, 0.29) is 19.8 Å². The van der Waals surface area contributed by atoms with Gasteiger partial charge in [0.2, 0.25) is 0 Å². The molecule has 0 saturated heterocycles. The normalized spacial score (nSPS) is 13.3. The number of ether oxygens (including phenoxy) is 3. The summed E-state index contributed by atoms with van der Waals surface area (Å²) in [6, 6.07) is 9.09. The lowest BCUT2D eigenvalue weighted by molar-refractivity contribution is -0.178. The highest BCUT2D eigenvalue weighted by Gasteiger charge is 2.35. The van der Waals surface area contributed by atoms with Crippen LogP contribution in [0.1, 0.15) is 19.4 Å². The summed E-state index contributed by atoms with van der Waals surface area (Å²) in [5.74, 6) is -1.71. The zero-order valence-electron chi connectivity index (χ0n) is 12.2. The molecule has 6 heteroatoms. The van der Waals surface area contributed by atoms with Crippen LogP contribution >= 0.6 is 0 Å². The van der Waals surface area contributed by atoms with Gasteiger partial charge < -0.3 is 19.3 Å². The molecule has 116 valence electrons. The van der Waals surface area contributed by atoms with Gasteiger partial charge in [-0.2, -0.15) is 0 Å². The van der Waals surface area contributed by atoms with Crippen LogP contribution < -0.4 is 0 Å². The molecule has 0 radical (unpaired) electrons. The number of aliphatic hydroxyl groups excluding tert-OH is 1. The Bertz CT molecular complexity index is 445. The average molecular weight is 296 g/mol. The van der Waals surface area contributed by atoms with Crippen molar-refractivity contribution in [2.45, 2.75) is 32.7 Å². The molecule has 0 aliphatic rings. The van der Waals surface area contributed by atoms with Crippen molar-refractivity contribution in [3.63, 3.8) is 0 Å². The number of hydrogen-bond donors (Lipinski definition) is 1. The summed E-state index contributed by atoms with van der Waals surface area (Å²) < 4.78 is 14.8. The van der Waals surface area contributed by atoms with Gasteiger partial charge in [0.1, 0.15) is 0 Å². The van der Waals surface area contributed by atoms with Crippen molar-refractivity contribution in [2.24, 2.45) is 0 Å². The van der Waals surface area contributed by atoms with Crippen LogP contribution in [0.15, 0.2) is 30.3 Å². The summed E-state index contributed by atoms with van der Waals surface area (Å²) in [5.41, 5.74) is 0.808. The lowest BCUT2D eigenvalue weighted by Crippen LogP contribution is -2.43. The van der Waals surface area contributed by atoms with Crippen molar-refractivity contribution >= 4 is 11.9 Å². The molecule has 0 unspecified atom stereocenters. The largest absolute Gasteiger partial charge is 0.464 e. The van der Waals surface area contributed by atoms with Gasteiger partial charge in [0.15, 0.2) is 12.2 Å². The lowest BCUT2D eigenvalue weighted by atomic mass is 10.2. The number of esters is 2. The molecule has 1 rings (SSSR count). The average Bonchev–Trinajstić information content (AvgIpc) is 2.49. The number of aliphatic hydroxyl groups is 1. The Balaban J connectivity index is 2.72. The summed E-state index contributed by atoms with van der Waals surface area (Å²) in [7, 11) is 0. The number of rotatable bonds is 8. The quantitative estimate of drug-likeness (QED) is 0.722. The minimum absolute atomic E-state index is 0.0702. The first-order chi connectivity index (χ1) is 10.1. The molecule has 1 aromatic carbocycles. The first-order valence-corrected chi connectivity index (χ1v) is 6.77. The van der Waals surface area contributed by atoms with E-state index in [1.165, 1.54) is 0 Å². The van der Waals surface area contributed by atoms with Crippen molar-refractivity contribution in [3.8, 4) is 0 Å². The standard InChI is InChI=1S/C15H20O6/c1-3-19-14(17)12(16)13(15(18)20-4-2)21-10-11-8-6-5-7-9-11/h5-9,12-13,16H,3-4,10H2,1-2H3/t12-,13+/m0/s1. The van der Waals surface area contributed by atoms with E-state index in [2.05, 4.69) is 4.74 Å². The molecule has 0 spiro atoms. The Labute approximate surface area is 123 Å². The molecule has 0 fully saturated rings. The highest BCUT2D eigenvalue weighted by Crippen LogP contribution is 2.10. The second-order valence-electron chi connectivity index (χ2n) is 4.17. The second kappa shape index (κ2) is 9.10. The first-order valence-electron chi connectivity index (χ1n) is 6.77. The minimum atomic E-state index is -1.72. The molecule has 1 aromatic rings.